The van der Waals surface area contributed by atoms with Gasteiger partial charge in [0.05, 0.1) is 0 Å². The number of hydrogen-bond acceptors (Lipinski definition) is 7. The summed E-state index contributed by atoms with van der Waals surface area (Å²) in [6, 6.07) is 0. The molecule has 0 spiro atoms. The molecule has 0 atom stereocenters. The van der Waals surface area contributed by atoms with Crippen LogP contribution in [0, 0.1) is 4.91 Å². The van der Waals surface area contributed by atoms with E-state index in [2.05, 4.69) is 0 Å². The van der Waals surface area contributed by atoms with Crippen molar-refractivity contribution in [2.45, 2.75) is 0 Å². The summed E-state index contributed by atoms with van der Waals surface area (Å²) < 4.78 is 65.7. The standard InChI is InChI=1S/2Co.H2NO3.9H2N.2H2O4S/c;;2-1(3)4;;;;;;;;;;2*1-5(2,3)4/h;;(H2,2,3,4);9*1H2;2*(H2,1,2,3,4)/q2*+3;+1;9*-1;;/p-2. The molecule has 0 aliphatic rings. The van der Waals surface area contributed by atoms with Gasteiger partial charge in [-0.3, -0.25) is 17.5 Å². The van der Waals surface area contributed by atoms with Gasteiger partial charge in [0.15, 0.2) is 0 Å². The van der Waals surface area contributed by atoms with Gasteiger partial charge in [-0.05, 0) is 0 Å². The van der Waals surface area contributed by atoms with Gasteiger partial charge in [-0.15, -0.1) is 0 Å². The van der Waals surface area contributed by atoms with E-state index in [1.807, 2.05) is 0 Å². The molecule has 0 aromatic heterocycles. The summed E-state index contributed by atoms with van der Waals surface area (Å²) >= 11 is 0. The van der Waals surface area contributed by atoms with Crippen molar-refractivity contribution < 1.29 is 84.1 Å². The molecule has 0 fully saturated rings. The molecule has 0 aliphatic carbocycles. The fourth-order valence-corrected chi connectivity index (χ4v) is 0. The molecular weight excluding hydrogens is 498 g/mol. The van der Waals surface area contributed by atoms with E-state index < -0.39 is 25.9 Å². The van der Waals surface area contributed by atoms with E-state index in [0.717, 1.165) is 0 Å². The molecule has 0 aromatic carbocycles. The Morgan fingerprint density at radius 3 is 0.600 bits per heavy atom. The zero-order valence-corrected chi connectivity index (χ0v) is 15.5. The van der Waals surface area contributed by atoms with Crippen LogP contribution in [0.1, 0.15) is 0 Å². The van der Waals surface area contributed by atoms with Gasteiger partial charge in [0.25, 0.3) is 0 Å². The van der Waals surface area contributed by atoms with Gasteiger partial charge in [0.1, 0.15) is 4.91 Å². The fourth-order valence-electron chi connectivity index (χ4n) is 0. The SMILES string of the molecule is O=S(=O)(O)O.O=S(=O)([O-])[O-].O=[N+](O)O.[Co+3].[Co+3].[NH2-].[NH2-].[NH2-].[NH2-].[NH2-].[NH2-].[NH2-].[NH2-].[NH2-]. The molecule has 0 radical (unpaired) electrons. The van der Waals surface area contributed by atoms with Crippen LogP contribution in [0.15, 0.2) is 0 Å². The Morgan fingerprint density at radius 1 is 0.600 bits per heavy atom. The van der Waals surface area contributed by atoms with Crippen LogP contribution in [0.3, 0.4) is 0 Å². The molecule has 0 saturated heterocycles. The second kappa shape index (κ2) is 56.6. The van der Waals surface area contributed by atoms with E-state index in [0.29, 0.717) is 0 Å². The monoisotopic (exact) mass is 520 g/mol. The van der Waals surface area contributed by atoms with Crippen molar-refractivity contribution in [1.29, 1.82) is 0 Å². The molecule has 0 aliphatic heterocycles. The van der Waals surface area contributed by atoms with Gasteiger partial charge < -0.3 is 64.5 Å². The maximum absolute atomic E-state index is 8.74. The summed E-state index contributed by atoms with van der Waals surface area (Å²) in [6.45, 7) is 0. The predicted octanol–water partition coefficient (Wildman–Crippen LogP) is 4.00. The van der Waals surface area contributed by atoms with Gasteiger partial charge >= 0.3 is 49.0 Å². The first kappa shape index (κ1) is 122. The van der Waals surface area contributed by atoms with Gasteiger partial charge in [-0.2, -0.15) is 8.42 Å². The van der Waals surface area contributed by atoms with Crippen LogP contribution in [-0.2, 0) is 54.4 Å². The fraction of sp³-hybridized carbons (Fsp3) is 0. The van der Waals surface area contributed by atoms with E-state index in [-0.39, 0.29) is 88.9 Å². The summed E-state index contributed by atoms with van der Waals surface area (Å²) in [7, 11) is -9.83. The van der Waals surface area contributed by atoms with E-state index in [1.54, 1.807) is 0 Å². The summed E-state index contributed by atoms with van der Waals surface area (Å²) in [5.41, 5.74) is 0. The predicted molar refractivity (Wildman–Crippen MR) is 79.4 cm³/mol. The maximum atomic E-state index is 8.74. The van der Waals surface area contributed by atoms with Crippen LogP contribution >= 0.6 is 0 Å². The first-order valence-electron chi connectivity index (χ1n) is 1.95. The third-order valence-corrected chi connectivity index (χ3v) is 0. The molecule has 0 rings (SSSR count). The molecule has 0 heterocycles. The van der Waals surface area contributed by atoms with E-state index in [9.17, 15) is 0 Å². The molecule has 25 heteroatoms. The molecular formula is H22Co2N10O11S2-4. The van der Waals surface area contributed by atoms with Crippen LogP contribution in [0.25, 0.3) is 55.4 Å². The van der Waals surface area contributed by atoms with Crippen molar-refractivity contribution in [2.75, 3.05) is 0 Å². The first-order valence-corrected chi connectivity index (χ1v) is 4.68. The third-order valence-electron chi connectivity index (χ3n) is 0. The molecule has 25 heavy (non-hydrogen) atoms. The Labute approximate surface area is 165 Å². The van der Waals surface area contributed by atoms with E-state index in [1.165, 1.54) is 0 Å². The topological polar surface area (TPSA) is 517 Å². The quantitative estimate of drug-likeness (QED) is 0.201. The number of nitrogens with zero attached hydrogens (tertiary/aromatic N) is 1. The van der Waals surface area contributed by atoms with Gasteiger partial charge in [0.2, 0.25) is 0 Å². The van der Waals surface area contributed by atoms with Crippen molar-refractivity contribution >= 4 is 20.8 Å². The molecule has 21 nitrogen and oxygen atoms in total. The molecule has 0 bridgehead atoms. The summed E-state index contributed by atoms with van der Waals surface area (Å²) in [4.78, 5) is 8.47. The summed E-state index contributed by atoms with van der Waals surface area (Å²) in [5, 5.41) is 12.5. The van der Waals surface area contributed by atoms with Crippen molar-refractivity contribution in [3.8, 4) is 0 Å². The molecule has 22 N–H and O–H groups in total. The Balaban J connectivity index is -0.00000000498. The van der Waals surface area contributed by atoms with Crippen LogP contribution < -0.4 is 0 Å². The summed E-state index contributed by atoms with van der Waals surface area (Å²) in [6.07, 6.45) is 0. The van der Waals surface area contributed by atoms with E-state index >= 15 is 0 Å². The number of nitrogens with two attached hydrogens (primary N) is 9. The molecule has 0 amide bonds. The van der Waals surface area contributed by atoms with Crippen LogP contribution in [0.4, 0.5) is 0 Å². The molecule has 172 valence electrons. The van der Waals surface area contributed by atoms with Crippen molar-refractivity contribution in [2.24, 2.45) is 0 Å². The van der Waals surface area contributed by atoms with Gasteiger partial charge in [-0.25, -0.2) is 10.4 Å². The van der Waals surface area contributed by atoms with Gasteiger partial charge in [0, 0.05) is 10.4 Å². The largest absolute Gasteiger partial charge is 3.00 e. The summed E-state index contributed by atoms with van der Waals surface area (Å²) in [5.74, 6) is 0. The third kappa shape index (κ3) is 66400. The van der Waals surface area contributed by atoms with Crippen LogP contribution in [0.5, 0.6) is 0 Å². The number of hydrogen-bond donors (Lipinski definition) is 4. The minimum absolute atomic E-state index is 0. The van der Waals surface area contributed by atoms with Crippen molar-refractivity contribution in [3.05, 3.63) is 60.3 Å². The minimum atomic E-state index is -5.17. The van der Waals surface area contributed by atoms with Gasteiger partial charge in [-0.1, -0.05) is 0 Å². The second-order valence-corrected chi connectivity index (χ2v) is 2.82. The average molecular weight is 520 g/mol. The average Bonchev–Trinajstić information content (AvgIpc) is 1.45. The normalized spacial score (nSPS) is 5.60. The maximum Gasteiger partial charge on any atom is 3.00 e. The minimum Gasteiger partial charge on any atom is -0.759 e. The second-order valence-electron chi connectivity index (χ2n) is 1.11. The van der Waals surface area contributed by atoms with Crippen molar-refractivity contribution in [1.82, 2.24) is 0 Å². The molecule has 0 unspecified atom stereocenters. The Kier molecular flexibility index (Phi) is 276. The zero-order chi connectivity index (χ0) is 12.6. The molecule has 0 aromatic rings. The smallest absolute Gasteiger partial charge is 0.759 e. The Bertz CT molecular complexity index is 307. The van der Waals surface area contributed by atoms with E-state index in [4.69, 9.17) is 50.4 Å². The van der Waals surface area contributed by atoms with Crippen LogP contribution in [-0.4, -0.2) is 50.5 Å². The zero-order valence-electron chi connectivity index (χ0n) is 11.8. The first-order chi connectivity index (χ1) is 5.73. The van der Waals surface area contributed by atoms with Crippen molar-refractivity contribution in [3.63, 3.8) is 0 Å². The van der Waals surface area contributed by atoms with Crippen LogP contribution in [0.2, 0.25) is 0 Å². The Hall–Kier alpha value is -0.407. The Morgan fingerprint density at radius 2 is 0.600 bits per heavy atom. The number of rotatable bonds is 0. The molecule has 0 saturated carbocycles.